The maximum absolute atomic E-state index is 13.3. The van der Waals surface area contributed by atoms with Crippen LogP contribution in [-0.2, 0) is 6.18 Å². The molecule has 1 aliphatic rings. The molecule has 6 nitrogen and oxygen atoms in total. The van der Waals surface area contributed by atoms with Crippen LogP contribution in [0.1, 0.15) is 15.9 Å². The Bertz CT molecular complexity index is 1180. The summed E-state index contributed by atoms with van der Waals surface area (Å²) >= 11 is 0. The molecule has 2 heterocycles. The lowest BCUT2D eigenvalue weighted by molar-refractivity contribution is -0.137. The number of carbonyl (C=O) groups is 1. The van der Waals surface area contributed by atoms with Crippen molar-refractivity contribution in [3.05, 3.63) is 70.1 Å². The Morgan fingerprint density at radius 2 is 1.74 bits per heavy atom. The summed E-state index contributed by atoms with van der Waals surface area (Å²) in [5, 5.41) is 0.468. The van der Waals surface area contributed by atoms with E-state index >= 15 is 0 Å². The second-order valence-electron chi connectivity index (χ2n) is 7.14. The first-order valence-corrected chi connectivity index (χ1v) is 9.60. The Morgan fingerprint density at radius 3 is 2.42 bits per heavy atom. The van der Waals surface area contributed by atoms with Gasteiger partial charge in [-0.15, -0.1) is 0 Å². The summed E-state index contributed by atoms with van der Waals surface area (Å²) in [5.41, 5.74) is -0.844. The normalized spacial score (nSPS) is 14.7. The number of amides is 1. The number of halogens is 3. The number of piperazine rings is 1. The minimum atomic E-state index is -4.46. The van der Waals surface area contributed by atoms with Crippen molar-refractivity contribution in [2.24, 2.45) is 0 Å². The molecule has 3 aromatic rings. The van der Waals surface area contributed by atoms with Gasteiger partial charge in [0.2, 0.25) is 0 Å². The summed E-state index contributed by atoms with van der Waals surface area (Å²) < 4.78 is 50.3. The summed E-state index contributed by atoms with van der Waals surface area (Å²) in [6.45, 7) is 0.934. The van der Waals surface area contributed by atoms with E-state index in [0.29, 0.717) is 11.1 Å². The number of methoxy groups -OCH3 is 1. The van der Waals surface area contributed by atoms with E-state index in [4.69, 9.17) is 9.15 Å². The third-order valence-corrected chi connectivity index (χ3v) is 5.30. The first-order chi connectivity index (χ1) is 14.8. The number of carbonyl (C=O) groups excluding carboxylic acids is 1. The number of hydrogen-bond donors (Lipinski definition) is 0. The molecule has 1 aliphatic heterocycles. The number of anilines is 1. The summed E-state index contributed by atoms with van der Waals surface area (Å²) in [7, 11) is 1.48. The van der Waals surface area contributed by atoms with Crippen LogP contribution in [-0.4, -0.2) is 44.1 Å². The summed E-state index contributed by atoms with van der Waals surface area (Å²) in [6.07, 6.45) is -4.46. The zero-order valence-electron chi connectivity index (χ0n) is 16.6. The van der Waals surface area contributed by atoms with Gasteiger partial charge in [0.25, 0.3) is 5.91 Å². The lowest BCUT2D eigenvalue weighted by Gasteiger charge is -2.37. The minimum Gasteiger partial charge on any atom is -0.497 e. The van der Waals surface area contributed by atoms with Crippen LogP contribution in [0.15, 0.2) is 57.7 Å². The van der Waals surface area contributed by atoms with Gasteiger partial charge in [-0.25, -0.2) is 4.79 Å². The summed E-state index contributed by atoms with van der Waals surface area (Å²) in [6, 6.07) is 11.4. The largest absolute Gasteiger partial charge is 0.497 e. The Hall–Kier alpha value is -3.49. The van der Waals surface area contributed by atoms with Gasteiger partial charge in [0, 0.05) is 49.4 Å². The first-order valence-electron chi connectivity index (χ1n) is 9.60. The second kappa shape index (κ2) is 7.98. The van der Waals surface area contributed by atoms with Crippen LogP contribution in [0, 0.1) is 0 Å². The fourth-order valence-corrected chi connectivity index (χ4v) is 3.76. The van der Waals surface area contributed by atoms with Crippen molar-refractivity contribution in [1.82, 2.24) is 4.90 Å². The highest BCUT2D eigenvalue weighted by Crippen LogP contribution is 2.36. The zero-order valence-corrected chi connectivity index (χ0v) is 16.6. The molecular weight excluding hydrogens is 413 g/mol. The molecule has 1 fully saturated rings. The molecule has 0 atom stereocenters. The third kappa shape index (κ3) is 4.08. The van der Waals surface area contributed by atoms with E-state index in [-0.39, 0.29) is 48.9 Å². The van der Waals surface area contributed by atoms with Gasteiger partial charge in [0.05, 0.1) is 18.2 Å². The summed E-state index contributed by atoms with van der Waals surface area (Å²) in [5.74, 6) is 0.115. The van der Waals surface area contributed by atoms with Crippen molar-refractivity contribution in [3.8, 4) is 5.75 Å². The Balaban J connectivity index is 1.57. The van der Waals surface area contributed by atoms with Crippen molar-refractivity contribution < 1.29 is 27.1 Å². The fraction of sp³-hybridized carbons (Fsp3) is 0.273. The van der Waals surface area contributed by atoms with Crippen molar-refractivity contribution in [2.45, 2.75) is 6.18 Å². The van der Waals surface area contributed by atoms with Crippen LogP contribution in [0.2, 0.25) is 0 Å². The van der Waals surface area contributed by atoms with Gasteiger partial charge in [-0.2, -0.15) is 13.2 Å². The average molecular weight is 432 g/mol. The second-order valence-corrected chi connectivity index (χ2v) is 7.14. The van der Waals surface area contributed by atoms with Crippen molar-refractivity contribution in [2.75, 3.05) is 38.2 Å². The average Bonchev–Trinajstić information content (AvgIpc) is 2.77. The van der Waals surface area contributed by atoms with Gasteiger partial charge < -0.3 is 19.0 Å². The van der Waals surface area contributed by atoms with E-state index in [1.807, 2.05) is 0 Å². The first kappa shape index (κ1) is 20.8. The summed E-state index contributed by atoms with van der Waals surface area (Å²) in [4.78, 5) is 28.2. The van der Waals surface area contributed by atoms with Gasteiger partial charge in [0.15, 0.2) is 0 Å². The van der Waals surface area contributed by atoms with Crippen molar-refractivity contribution >= 4 is 22.6 Å². The van der Waals surface area contributed by atoms with Gasteiger partial charge in [-0.3, -0.25) is 4.79 Å². The van der Waals surface area contributed by atoms with E-state index < -0.39 is 17.4 Å². The SMILES string of the molecule is COc1ccc2c(C(=O)N3CCN(c4ccccc4C(F)(F)F)CC3)cc(=O)oc2c1. The van der Waals surface area contributed by atoms with Crippen molar-refractivity contribution in [3.63, 3.8) is 0 Å². The minimum absolute atomic E-state index is 0.0972. The Kier molecular flexibility index (Phi) is 5.34. The highest BCUT2D eigenvalue weighted by Gasteiger charge is 2.35. The highest BCUT2D eigenvalue weighted by atomic mass is 19.4. The standard InChI is InChI=1S/C22H19F3N2O4/c1-30-14-6-7-15-16(13-20(28)31-19(15)12-14)21(29)27-10-8-26(9-11-27)18-5-3-2-4-17(18)22(23,24)25/h2-7,12-13H,8-11H2,1H3. The van der Waals surface area contributed by atoms with E-state index in [1.54, 1.807) is 23.1 Å². The van der Waals surface area contributed by atoms with Crippen molar-refractivity contribution in [1.29, 1.82) is 0 Å². The van der Waals surface area contributed by atoms with Crippen LogP contribution in [0.3, 0.4) is 0 Å². The molecule has 1 aromatic heterocycles. The lowest BCUT2D eigenvalue weighted by Crippen LogP contribution is -2.49. The number of hydrogen-bond acceptors (Lipinski definition) is 5. The van der Waals surface area contributed by atoms with E-state index in [2.05, 4.69) is 0 Å². The quantitative estimate of drug-likeness (QED) is 0.590. The number of alkyl halides is 3. The molecule has 0 spiro atoms. The monoisotopic (exact) mass is 432 g/mol. The van der Waals surface area contributed by atoms with Gasteiger partial charge in [0.1, 0.15) is 11.3 Å². The molecule has 0 aliphatic carbocycles. The Labute approximate surface area is 175 Å². The van der Waals surface area contributed by atoms with Crippen LogP contribution >= 0.6 is 0 Å². The van der Waals surface area contributed by atoms with E-state index in [1.165, 1.54) is 30.2 Å². The Morgan fingerprint density at radius 1 is 1.03 bits per heavy atom. The number of ether oxygens (including phenoxy) is 1. The predicted molar refractivity (Wildman–Crippen MR) is 109 cm³/mol. The maximum Gasteiger partial charge on any atom is 0.418 e. The molecule has 1 saturated heterocycles. The number of fused-ring (bicyclic) bond motifs is 1. The highest BCUT2D eigenvalue weighted by molar-refractivity contribution is 6.05. The molecule has 162 valence electrons. The molecule has 4 rings (SSSR count). The smallest absolute Gasteiger partial charge is 0.418 e. The third-order valence-electron chi connectivity index (χ3n) is 5.30. The molecule has 0 unspecified atom stereocenters. The molecular formula is C22H19F3N2O4. The zero-order chi connectivity index (χ0) is 22.2. The number of para-hydroxylation sites is 1. The molecule has 1 amide bonds. The molecule has 31 heavy (non-hydrogen) atoms. The molecule has 0 N–H and O–H groups in total. The van der Waals surface area contributed by atoms with Crippen LogP contribution in [0.4, 0.5) is 18.9 Å². The maximum atomic E-state index is 13.3. The molecule has 0 saturated carbocycles. The van der Waals surface area contributed by atoms with Crippen LogP contribution in [0.25, 0.3) is 11.0 Å². The molecule has 2 aromatic carbocycles. The van der Waals surface area contributed by atoms with Crippen LogP contribution in [0.5, 0.6) is 5.75 Å². The van der Waals surface area contributed by atoms with E-state index in [9.17, 15) is 22.8 Å². The molecule has 0 bridgehead atoms. The number of benzene rings is 2. The lowest BCUT2D eigenvalue weighted by atomic mass is 10.1. The van der Waals surface area contributed by atoms with Gasteiger partial charge >= 0.3 is 11.8 Å². The number of nitrogens with zero attached hydrogens (tertiary/aromatic N) is 2. The van der Waals surface area contributed by atoms with Gasteiger partial charge in [-0.1, -0.05) is 12.1 Å². The predicted octanol–water partition coefficient (Wildman–Crippen LogP) is 3.78. The topological polar surface area (TPSA) is 63.0 Å². The molecule has 0 radical (unpaired) electrons. The molecule has 9 heteroatoms. The fourth-order valence-electron chi connectivity index (χ4n) is 3.76. The van der Waals surface area contributed by atoms with Crippen LogP contribution < -0.4 is 15.3 Å². The van der Waals surface area contributed by atoms with Gasteiger partial charge in [-0.05, 0) is 24.3 Å². The number of rotatable bonds is 3. The van der Waals surface area contributed by atoms with E-state index in [0.717, 1.165) is 12.1 Å².